The van der Waals surface area contributed by atoms with E-state index >= 15 is 0 Å². The first kappa shape index (κ1) is 28.6. The van der Waals surface area contributed by atoms with Crippen molar-refractivity contribution in [3.8, 4) is 11.4 Å². The quantitative estimate of drug-likeness (QED) is 0.281. The van der Waals surface area contributed by atoms with Gasteiger partial charge in [-0.1, -0.05) is 76.8 Å². The third-order valence-electron chi connectivity index (χ3n) is 6.55. The van der Waals surface area contributed by atoms with E-state index in [1.807, 2.05) is 63.3 Å². The largest absolute Gasteiger partial charge is 0.338 e. The summed E-state index contributed by atoms with van der Waals surface area (Å²) >= 11 is 0. The third kappa shape index (κ3) is 7.78. The van der Waals surface area contributed by atoms with Gasteiger partial charge in [0.2, 0.25) is 5.91 Å². The van der Waals surface area contributed by atoms with Gasteiger partial charge in [-0.25, -0.2) is 4.98 Å². The van der Waals surface area contributed by atoms with Crippen molar-refractivity contribution in [2.24, 2.45) is 5.92 Å². The molecule has 6 heteroatoms. The maximum absolute atomic E-state index is 12.8. The highest BCUT2D eigenvalue weighted by atomic mass is 16.2. The third-order valence-corrected chi connectivity index (χ3v) is 6.55. The maximum Gasteiger partial charge on any atom is 0.255 e. The van der Waals surface area contributed by atoms with Crippen LogP contribution >= 0.6 is 0 Å². The fourth-order valence-electron chi connectivity index (χ4n) is 4.61. The molecule has 0 atom stereocenters. The Labute approximate surface area is 226 Å². The van der Waals surface area contributed by atoms with Gasteiger partial charge < -0.3 is 15.6 Å². The van der Waals surface area contributed by atoms with Crippen molar-refractivity contribution in [1.82, 2.24) is 15.3 Å². The number of nitrogens with one attached hydrogen (secondary N) is 3. The Morgan fingerprint density at radius 2 is 1.68 bits per heavy atom. The number of H-pyrrole nitrogens is 1. The minimum absolute atomic E-state index is 0.0929. The van der Waals surface area contributed by atoms with Gasteiger partial charge in [-0.05, 0) is 62.2 Å². The molecule has 2 aromatic carbocycles. The molecule has 1 saturated carbocycles. The zero-order valence-electron chi connectivity index (χ0n) is 22.8. The number of fused-ring (bicyclic) bond motifs is 1. The Morgan fingerprint density at radius 3 is 2.34 bits per heavy atom. The molecule has 38 heavy (non-hydrogen) atoms. The molecule has 1 aliphatic rings. The van der Waals surface area contributed by atoms with Crippen molar-refractivity contribution in [2.75, 3.05) is 5.32 Å². The van der Waals surface area contributed by atoms with Crippen molar-refractivity contribution >= 4 is 28.5 Å². The highest BCUT2D eigenvalue weighted by Gasteiger charge is 2.19. The molecule has 2 amide bonds. The number of aromatic amines is 1. The van der Waals surface area contributed by atoms with E-state index in [1.165, 1.54) is 19.3 Å². The summed E-state index contributed by atoms with van der Waals surface area (Å²) < 4.78 is 0. The first-order chi connectivity index (χ1) is 18.6. The lowest BCUT2D eigenvalue weighted by Gasteiger charge is -2.19. The molecule has 0 saturated heterocycles. The first-order valence-corrected chi connectivity index (χ1v) is 13.7. The van der Waals surface area contributed by atoms with Gasteiger partial charge in [-0.15, -0.1) is 0 Å². The van der Waals surface area contributed by atoms with Crippen LogP contribution in [0.3, 0.4) is 0 Å². The number of rotatable bonds is 7. The minimum Gasteiger partial charge on any atom is -0.338 e. The Kier molecular flexibility index (Phi) is 11.1. The summed E-state index contributed by atoms with van der Waals surface area (Å²) in [5, 5.41) is 5.98. The zero-order valence-corrected chi connectivity index (χ0v) is 22.8. The summed E-state index contributed by atoms with van der Waals surface area (Å²) in [4.78, 5) is 33.5. The normalized spacial score (nSPS) is 14.8. The Balaban J connectivity index is 0.00000195. The number of hydrogen-bond donors (Lipinski definition) is 3. The summed E-state index contributed by atoms with van der Waals surface area (Å²) in [6, 6.07) is 13.1. The van der Waals surface area contributed by atoms with Crippen LogP contribution in [-0.2, 0) is 4.79 Å². The highest BCUT2D eigenvalue weighted by molar-refractivity contribution is 5.96. The number of imidazole rings is 1. The molecule has 0 bridgehead atoms. The van der Waals surface area contributed by atoms with Gasteiger partial charge >= 0.3 is 0 Å². The summed E-state index contributed by atoms with van der Waals surface area (Å²) in [5.41, 5.74) is 4.55. The molecule has 6 nitrogen and oxygen atoms in total. The predicted octanol–water partition coefficient (Wildman–Crippen LogP) is 7.93. The van der Waals surface area contributed by atoms with Crippen molar-refractivity contribution < 1.29 is 9.59 Å². The summed E-state index contributed by atoms with van der Waals surface area (Å²) in [6.45, 7) is 9.57. The molecule has 0 unspecified atom stereocenters. The van der Waals surface area contributed by atoms with E-state index in [4.69, 9.17) is 0 Å². The minimum atomic E-state index is -0.193. The molecular weight excluding hydrogens is 472 g/mol. The van der Waals surface area contributed by atoms with Crippen LogP contribution in [-0.4, -0.2) is 21.8 Å². The number of benzene rings is 2. The summed E-state index contributed by atoms with van der Waals surface area (Å²) in [5.74, 6) is 0.726. The van der Waals surface area contributed by atoms with Crippen molar-refractivity contribution in [3.63, 3.8) is 0 Å². The van der Waals surface area contributed by atoms with Gasteiger partial charge in [0.1, 0.15) is 5.82 Å². The second kappa shape index (κ2) is 14.7. The van der Waals surface area contributed by atoms with E-state index in [2.05, 4.69) is 27.2 Å². The number of anilines is 1. The Morgan fingerprint density at radius 1 is 1.00 bits per heavy atom. The van der Waals surface area contributed by atoms with Crippen molar-refractivity contribution in [3.05, 3.63) is 84.6 Å². The van der Waals surface area contributed by atoms with E-state index in [9.17, 15) is 9.59 Å². The SMILES string of the molecule is C=C/C=C(\C=C/C)NC(=O)c1ccc(-c2nc3ccc(NC(=O)C4CCCCCCC4)cc3[nH]2)cc1.CC. The number of nitrogens with zero attached hydrogens (tertiary/aromatic N) is 1. The number of hydrogen-bond acceptors (Lipinski definition) is 3. The van der Waals surface area contributed by atoms with Crippen LogP contribution in [0.2, 0.25) is 0 Å². The average molecular weight is 513 g/mol. The molecule has 0 spiro atoms. The van der Waals surface area contributed by atoms with E-state index < -0.39 is 0 Å². The molecule has 200 valence electrons. The standard InChI is InChI=1S/C30H34N4O2.C2H6/c1-3-10-24(11-4-2)31-30(36)23-16-14-21(15-17-23)28-33-26-19-18-25(20-27(26)34-28)32-29(35)22-12-8-6-5-7-9-13-22;1-2/h3-4,10-11,14-20,22H,1,5-9,12-13H2,2H3,(H,31,36)(H,32,35)(H,33,34);1-2H3/b11-4-,24-10+;. The van der Waals surface area contributed by atoms with Crippen LogP contribution < -0.4 is 10.6 Å². The molecule has 4 rings (SSSR count). The topological polar surface area (TPSA) is 86.9 Å². The summed E-state index contributed by atoms with van der Waals surface area (Å²) in [6.07, 6.45) is 15.0. The van der Waals surface area contributed by atoms with Gasteiger partial charge in [0.25, 0.3) is 5.91 Å². The lowest BCUT2D eigenvalue weighted by atomic mass is 9.90. The first-order valence-electron chi connectivity index (χ1n) is 13.7. The van der Waals surface area contributed by atoms with E-state index in [-0.39, 0.29) is 17.7 Å². The molecule has 0 radical (unpaired) electrons. The van der Waals surface area contributed by atoms with E-state index in [1.54, 1.807) is 24.3 Å². The molecule has 1 aromatic heterocycles. The van der Waals surface area contributed by atoms with Crippen LogP contribution in [0.15, 0.2) is 79.0 Å². The number of carbonyl (C=O) groups excluding carboxylic acids is 2. The molecular formula is C32H40N4O2. The lowest BCUT2D eigenvalue weighted by Crippen LogP contribution is -2.23. The number of carbonyl (C=O) groups is 2. The van der Waals surface area contributed by atoms with Crippen LogP contribution in [0.5, 0.6) is 0 Å². The van der Waals surface area contributed by atoms with Crippen LogP contribution in [0.1, 0.15) is 76.1 Å². The fourth-order valence-corrected chi connectivity index (χ4v) is 4.61. The van der Waals surface area contributed by atoms with Crippen molar-refractivity contribution in [1.29, 1.82) is 0 Å². The van der Waals surface area contributed by atoms with E-state index in [0.717, 1.165) is 48.0 Å². The molecule has 3 N–H and O–H groups in total. The number of allylic oxidation sites excluding steroid dienone is 4. The second-order valence-corrected chi connectivity index (χ2v) is 9.24. The lowest BCUT2D eigenvalue weighted by molar-refractivity contribution is -0.120. The summed E-state index contributed by atoms with van der Waals surface area (Å²) in [7, 11) is 0. The fraction of sp³-hybridized carbons (Fsp3) is 0.344. The molecule has 1 heterocycles. The number of amides is 2. The van der Waals surface area contributed by atoms with Crippen molar-refractivity contribution in [2.45, 2.75) is 65.7 Å². The Hall–Kier alpha value is -3.93. The van der Waals surface area contributed by atoms with Crippen LogP contribution in [0, 0.1) is 5.92 Å². The van der Waals surface area contributed by atoms with Crippen LogP contribution in [0.25, 0.3) is 22.4 Å². The average Bonchev–Trinajstić information content (AvgIpc) is 3.33. The smallest absolute Gasteiger partial charge is 0.255 e. The van der Waals surface area contributed by atoms with Gasteiger partial charge in [-0.3, -0.25) is 9.59 Å². The highest BCUT2D eigenvalue weighted by Crippen LogP contribution is 2.26. The van der Waals surface area contributed by atoms with Gasteiger partial charge in [0.15, 0.2) is 0 Å². The molecule has 3 aromatic rings. The molecule has 1 fully saturated rings. The molecule has 0 aliphatic heterocycles. The van der Waals surface area contributed by atoms with Gasteiger partial charge in [-0.2, -0.15) is 0 Å². The van der Waals surface area contributed by atoms with Crippen LogP contribution in [0.4, 0.5) is 5.69 Å². The number of aromatic nitrogens is 2. The second-order valence-electron chi connectivity index (χ2n) is 9.24. The Bertz CT molecular complexity index is 1280. The monoisotopic (exact) mass is 512 g/mol. The zero-order chi connectivity index (χ0) is 27.3. The predicted molar refractivity (Wildman–Crippen MR) is 158 cm³/mol. The maximum atomic E-state index is 12.8. The van der Waals surface area contributed by atoms with E-state index in [0.29, 0.717) is 17.1 Å². The van der Waals surface area contributed by atoms with Gasteiger partial charge in [0.05, 0.1) is 11.0 Å². The molecule has 1 aliphatic carbocycles. The van der Waals surface area contributed by atoms with Gasteiger partial charge in [0, 0.05) is 28.4 Å².